The Morgan fingerprint density at radius 3 is 2.29 bits per heavy atom. The van der Waals surface area contributed by atoms with Crippen LogP contribution in [0.3, 0.4) is 0 Å². The lowest BCUT2D eigenvalue weighted by molar-refractivity contribution is 0.601. The van der Waals surface area contributed by atoms with E-state index in [2.05, 4.69) is 6.92 Å². The zero-order chi connectivity index (χ0) is 5.91. The van der Waals surface area contributed by atoms with Crippen LogP contribution in [0.25, 0.3) is 0 Å². The molecule has 44 valence electrons. The monoisotopic (exact) mass is 135 g/mol. The van der Waals surface area contributed by atoms with Crippen molar-refractivity contribution in [2.45, 2.75) is 19.5 Å². The van der Waals surface area contributed by atoms with Gasteiger partial charge in [-0.1, -0.05) is 6.92 Å². The summed E-state index contributed by atoms with van der Waals surface area (Å²) in [5.74, 6) is 0. The van der Waals surface area contributed by atoms with Crippen molar-refractivity contribution in [3.63, 3.8) is 0 Å². The third-order valence-corrected chi connectivity index (χ3v) is 6.30. The molecule has 1 atom stereocenters. The quantitative estimate of drug-likeness (QED) is 0.510. The van der Waals surface area contributed by atoms with E-state index in [-0.39, 0.29) is 0 Å². The third kappa shape index (κ3) is 2.98. The minimum Gasteiger partial charge on any atom is -0.453 e. The van der Waals surface area contributed by atoms with Gasteiger partial charge in [-0.25, -0.2) is 0 Å². The van der Waals surface area contributed by atoms with Gasteiger partial charge in [0.15, 0.2) is 0 Å². The van der Waals surface area contributed by atoms with Gasteiger partial charge in [-0.05, 0) is 12.6 Å². The fourth-order valence-corrected chi connectivity index (χ4v) is 1.30. The van der Waals surface area contributed by atoms with Crippen LogP contribution in [0.5, 0.6) is 0 Å². The molecule has 7 heavy (non-hydrogen) atoms. The molecule has 4 heteroatoms. The van der Waals surface area contributed by atoms with E-state index in [9.17, 15) is 0 Å². The molecule has 0 saturated heterocycles. The van der Waals surface area contributed by atoms with E-state index in [4.69, 9.17) is 9.51 Å². The summed E-state index contributed by atoms with van der Waals surface area (Å²) in [4.78, 5) is 0. The van der Waals surface area contributed by atoms with E-state index in [0.717, 1.165) is 16.5 Å². The molecular formula is C3H13NOSi2. The average molecular weight is 135 g/mol. The molecule has 0 aliphatic carbocycles. The van der Waals surface area contributed by atoms with E-state index in [1.165, 1.54) is 0 Å². The Morgan fingerprint density at radius 1 is 1.86 bits per heavy atom. The van der Waals surface area contributed by atoms with Gasteiger partial charge >= 0.3 is 0 Å². The highest BCUT2D eigenvalue weighted by molar-refractivity contribution is 6.71. The summed E-state index contributed by atoms with van der Waals surface area (Å²) < 4.78 is 5.14. The Labute approximate surface area is 48.8 Å². The molecule has 1 unspecified atom stereocenters. The first kappa shape index (κ1) is 7.35. The molecule has 0 rings (SSSR count). The van der Waals surface area contributed by atoms with Crippen LogP contribution >= 0.6 is 0 Å². The molecule has 0 saturated carbocycles. The highest BCUT2D eigenvalue weighted by Gasteiger charge is 2.16. The van der Waals surface area contributed by atoms with Crippen molar-refractivity contribution in [3.05, 3.63) is 0 Å². The maximum Gasteiger partial charge on any atom is 0.251 e. The van der Waals surface area contributed by atoms with Crippen LogP contribution in [-0.4, -0.2) is 19.0 Å². The molecule has 2 nitrogen and oxygen atoms in total. The molecule has 0 spiro atoms. The van der Waals surface area contributed by atoms with Gasteiger partial charge in [-0.2, -0.15) is 0 Å². The topological polar surface area (TPSA) is 35.2 Å². The summed E-state index contributed by atoms with van der Waals surface area (Å²) in [7, 11) is -0.796. The van der Waals surface area contributed by atoms with Crippen LogP contribution in [0, 0.1) is 0 Å². The lowest BCUT2D eigenvalue weighted by Gasteiger charge is -2.16. The summed E-state index contributed by atoms with van der Waals surface area (Å²) in [6.07, 6.45) is 0. The van der Waals surface area contributed by atoms with Crippen LogP contribution in [0.4, 0.5) is 0 Å². The predicted octanol–water partition coefficient (Wildman–Crippen LogP) is -0.666. The van der Waals surface area contributed by atoms with Crippen LogP contribution in [0.15, 0.2) is 0 Å². The van der Waals surface area contributed by atoms with E-state index in [0.29, 0.717) is 0 Å². The Balaban J connectivity index is 3.36. The zero-order valence-electron chi connectivity index (χ0n) is 5.19. The Bertz CT molecular complexity index is 50.9. The minimum absolute atomic E-state index is 0.794. The lowest BCUT2D eigenvalue weighted by atomic mass is 11.0. The summed E-state index contributed by atoms with van der Waals surface area (Å²) >= 11 is 0. The summed E-state index contributed by atoms with van der Waals surface area (Å²) in [5, 5.41) is 5.67. The van der Waals surface area contributed by atoms with Crippen molar-refractivity contribution >= 4 is 19.0 Å². The first-order valence-electron chi connectivity index (χ1n) is 2.46. The van der Waals surface area contributed by atoms with Crippen LogP contribution < -0.4 is 5.40 Å². The fourth-order valence-electron chi connectivity index (χ4n) is 0.144. The van der Waals surface area contributed by atoms with E-state index < -0.39 is 8.48 Å². The molecule has 0 aromatic heterocycles. The normalized spacial score (nSPS) is 19.3. The zero-order valence-corrected chi connectivity index (χ0v) is 8.19. The average Bonchev–Trinajstić information content (AvgIpc) is 1.68. The second kappa shape index (κ2) is 2.61. The van der Waals surface area contributed by atoms with Crippen LogP contribution in [0.2, 0.25) is 12.6 Å². The predicted molar refractivity (Wildman–Crippen MR) is 37.3 cm³/mol. The first-order valence-corrected chi connectivity index (χ1v) is 5.97. The molecular weight excluding hydrogens is 122 g/mol. The van der Waals surface area contributed by atoms with Gasteiger partial charge in [0.1, 0.15) is 10.5 Å². The number of nitrogens with two attached hydrogens (primary N) is 1. The number of hydrogen-bond acceptors (Lipinski definition) is 2. The standard InChI is InChI=1S/C3H13NOSi2/c1-3-7(2,4)5-6/h3-4H2,1-2,6H3. The molecule has 0 aromatic carbocycles. The summed E-state index contributed by atoms with van der Waals surface area (Å²) in [6.45, 7) is 4.10. The van der Waals surface area contributed by atoms with Gasteiger partial charge < -0.3 is 9.51 Å². The van der Waals surface area contributed by atoms with Crippen molar-refractivity contribution in [2.75, 3.05) is 0 Å². The Morgan fingerprint density at radius 2 is 2.29 bits per heavy atom. The Hall–Kier alpha value is 0.354. The first-order chi connectivity index (χ1) is 3.12. The van der Waals surface area contributed by atoms with Crippen molar-refractivity contribution < 1.29 is 4.12 Å². The van der Waals surface area contributed by atoms with Gasteiger partial charge in [-0.15, -0.1) is 0 Å². The highest BCUT2D eigenvalue weighted by atomic mass is 28.4. The van der Waals surface area contributed by atoms with Crippen molar-refractivity contribution in [1.82, 2.24) is 0 Å². The fraction of sp³-hybridized carbons (Fsp3) is 1.00. The second-order valence-electron chi connectivity index (χ2n) is 1.87. The smallest absolute Gasteiger partial charge is 0.251 e. The largest absolute Gasteiger partial charge is 0.453 e. The van der Waals surface area contributed by atoms with Gasteiger partial charge in [0.05, 0.1) is 0 Å². The highest BCUT2D eigenvalue weighted by Crippen LogP contribution is 1.97. The molecule has 2 N–H and O–H groups in total. The molecule has 0 amide bonds. The van der Waals surface area contributed by atoms with Crippen molar-refractivity contribution in [1.29, 1.82) is 0 Å². The van der Waals surface area contributed by atoms with E-state index in [1.54, 1.807) is 0 Å². The van der Waals surface area contributed by atoms with Crippen molar-refractivity contribution in [3.8, 4) is 0 Å². The molecule has 0 aliphatic rings. The van der Waals surface area contributed by atoms with Crippen molar-refractivity contribution in [2.24, 2.45) is 5.40 Å². The van der Waals surface area contributed by atoms with Gasteiger partial charge in [0, 0.05) is 0 Å². The van der Waals surface area contributed by atoms with Gasteiger partial charge in [-0.3, -0.25) is 0 Å². The minimum atomic E-state index is -1.59. The van der Waals surface area contributed by atoms with Crippen LogP contribution in [-0.2, 0) is 4.12 Å². The van der Waals surface area contributed by atoms with Crippen LogP contribution in [0.1, 0.15) is 6.92 Å². The SMILES string of the molecule is CC[Si](C)(N)O[SiH3]. The second-order valence-corrected chi connectivity index (χ2v) is 6.84. The molecule has 0 heterocycles. The van der Waals surface area contributed by atoms with Gasteiger partial charge in [0.2, 0.25) is 0 Å². The summed E-state index contributed by atoms with van der Waals surface area (Å²) in [6, 6.07) is 1.02. The van der Waals surface area contributed by atoms with E-state index >= 15 is 0 Å². The lowest BCUT2D eigenvalue weighted by Crippen LogP contribution is -2.44. The van der Waals surface area contributed by atoms with Gasteiger partial charge in [0.25, 0.3) is 8.48 Å². The maximum absolute atomic E-state index is 5.67. The van der Waals surface area contributed by atoms with E-state index in [1.807, 2.05) is 6.55 Å². The molecule has 0 radical (unpaired) electrons. The molecule has 0 fully saturated rings. The molecule has 0 aliphatic heterocycles. The summed E-state index contributed by atoms with van der Waals surface area (Å²) in [5.41, 5.74) is 0. The third-order valence-electron chi connectivity index (χ3n) is 1.17. The number of hydrogen-bond donors (Lipinski definition) is 1. The maximum atomic E-state index is 5.67. The molecule has 0 bridgehead atoms. The Kier molecular flexibility index (Phi) is 2.74. The number of rotatable bonds is 2. The molecule has 0 aromatic rings.